The molecule has 2 aliphatic rings. The first-order valence-corrected chi connectivity index (χ1v) is 4.87. The molecule has 2 bridgehead atoms. The van der Waals surface area contributed by atoms with Gasteiger partial charge >= 0.3 is 5.97 Å². The van der Waals surface area contributed by atoms with E-state index in [4.69, 9.17) is 9.47 Å². The van der Waals surface area contributed by atoms with Crippen LogP contribution in [0.15, 0.2) is 11.6 Å². The van der Waals surface area contributed by atoms with E-state index in [1.54, 1.807) is 13.8 Å². The molecule has 0 aromatic carbocycles. The Labute approximate surface area is 87.3 Å². The molecule has 3 atom stereocenters. The molecule has 1 aliphatic carbocycles. The van der Waals surface area contributed by atoms with Crippen LogP contribution in [0.2, 0.25) is 0 Å². The first-order chi connectivity index (χ1) is 6.89. The van der Waals surface area contributed by atoms with E-state index in [1.165, 1.54) is 6.08 Å². The molecule has 0 saturated heterocycles. The lowest BCUT2D eigenvalue weighted by Crippen LogP contribution is -2.43. The Balaban J connectivity index is 2.33. The van der Waals surface area contributed by atoms with E-state index in [1.807, 2.05) is 0 Å². The molecule has 0 amide bonds. The van der Waals surface area contributed by atoms with Crippen molar-refractivity contribution in [2.24, 2.45) is 0 Å². The number of carbonyl (C=O) groups is 1. The van der Waals surface area contributed by atoms with Gasteiger partial charge in [-0.15, -0.1) is 0 Å². The van der Waals surface area contributed by atoms with Crippen LogP contribution in [0.5, 0.6) is 0 Å². The second-order valence-electron chi connectivity index (χ2n) is 4.33. The molecule has 15 heavy (non-hydrogen) atoms. The van der Waals surface area contributed by atoms with Gasteiger partial charge in [-0.1, -0.05) is 0 Å². The van der Waals surface area contributed by atoms with Crippen LogP contribution in [-0.2, 0) is 14.3 Å². The Morgan fingerprint density at radius 3 is 2.80 bits per heavy atom. The number of rotatable bonds is 0. The normalized spacial score (nSPS) is 39.1. The maximum absolute atomic E-state index is 11.5. The Hall–Kier alpha value is -0.910. The molecule has 1 heterocycles. The number of cyclic esters (lactones) is 1. The number of aliphatic hydroxyl groups is 2. The average molecular weight is 214 g/mol. The summed E-state index contributed by atoms with van der Waals surface area (Å²) in [4.78, 5) is 11.5. The van der Waals surface area contributed by atoms with Gasteiger partial charge in [0.15, 0.2) is 0 Å². The van der Waals surface area contributed by atoms with Crippen LogP contribution in [-0.4, -0.2) is 40.3 Å². The van der Waals surface area contributed by atoms with Gasteiger partial charge < -0.3 is 19.7 Å². The number of carbonyl (C=O) groups excluding carboxylic acids is 1. The summed E-state index contributed by atoms with van der Waals surface area (Å²) in [5, 5.41) is 19.2. The van der Waals surface area contributed by atoms with Crippen molar-refractivity contribution >= 4 is 5.97 Å². The van der Waals surface area contributed by atoms with Gasteiger partial charge in [0.1, 0.15) is 12.2 Å². The minimum Gasteiger partial charge on any atom is -0.430 e. The number of hydrogen-bond donors (Lipinski definition) is 2. The summed E-state index contributed by atoms with van der Waals surface area (Å²) in [6.45, 7) is 3.19. The molecule has 0 spiro atoms. The molecule has 0 aromatic heterocycles. The summed E-state index contributed by atoms with van der Waals surface area (Å²) in [6.07, 6.45) is -1.05. The van der Waals surface area contributed by atoms with Crippen LogP contribution < -0.4 is 0 Å². The van der Waals surface area contributed by atoms with Crippen LogP contribution >= 0.6 is 0 Å². The van der Waals surface area contributed by atoms with E-state index in [9.17, 15) is 15.0 Å². The lowest BCUT2D eigenvalue weighted by atomic mass is 9.92. The minimum atomic E-state index is -1.08. The van der Waals surface area contributed by atoms with Gasteiger partial charge in [-0.2, -0.15) is 0 Å². The first kappa shape index (κ1) is 10.6. The predicted molar refractivity (Wildman–Crippen MR) is 49.8 cm³/mol. The van der Waals surface area contributed by atoms with Gasteiger partial charge in [-0.3, -0.25) is 0 Å². The minimum absolute atomic E-state index is 0.107. The summed E-state index contributed by atoms with van der Waals surface area (Å²) >= 11 is 0. The van der Waals surface area contributed by atoms with Crippen LogP contribution in [0, 0.1) is 0 Å². The Bertz CT molecular complexity index is 320. The molecule has 84 valence electrons. The zero-order valence-electron chi connectivity index (χ0n) is 8.64. The van der Waals surface area contributed by atoms with Crippen molar-refractivity contribution in [2.75, 3.05) is 0 Å². The number of fused-ring (bicyclic) bond motifs is 1. The fourth-order valence-electron chi connectivity index (χ4n) is 1.83. The van der Waals surface area contributed by atoms with E-state index in [2.05, 4.69) is 0 Å². The molecule has 1 aliphatic heterocycles. The molecule has 5 nitrogen and oxygen atoms in total. The van der Waals surface area contributed by atoms with E-state index >= 15 is 0 Å². The molecule has 0 aromatic rings. The molecular weight excluding hydrogens is 200 g/mol. The van der Waals surface area contributed by atoms with Crippen molar-refractivity contribution in [2.45, 2.75) is 44.4 Å². The lowest BCUT2D eigenvalue weighted by Gasteiger charge is -2.31. The Morgan fingerprint density at radius 1 is 1.47 bits per heavy atom. The molecule has 3 unspecified atom stereocenters. The monoisotopic (exact) mass is 214 g/mol. The van der Waals surface area contributed by atoms with Gasteiger partial charge in [0.05, 0.1) is 6.10 Å². The zero-order chi connectivity index (χ0) is 11.2. The number of aliphatic hydroxyl groups excluding tert-OH is 2. The topological polar surface area (TPSA) is 76.0 Å². The molecule has 5 heteroatoms. The maximum atomic E-state index is 11.5. The van der Waals surface area contributed by atoms with E-state index in [0.717, 1.165) is 0 Å². The van der Waals surface area contributed by atoms with E-state index in [-0.39, 0.29) is 6.42 Å². The number of ether oxygens (including phenoxy) is 2. The SMILES string of the molecule is CC1(C)OC(=O)C2=CC(O1)C(O)C(O)C2. The summed E-state index contributed by atoms with van der Waals surface area (Å²) in [5.41, 5.74) is 0.364. The Morgan fingerprint density at radius 2 is 2.13 bits per heavy atom. The highest BCUT2D eigenvalue weighted by atomic mass is 16.7. The number of hydrogen-bond acceptors (Lipinski definition) is 5. The average Bonchev–Trinajstić information content (AvgIpc) is 2.19. The van der Waals surface area contributed by atoms with Gasteiger partial charge in [0, 0.05) is 25.8 Å². The smallest absolute Gasteiger partial charge is 0.336 e. The van der Waals surface area contributed by atoms with Crippen LogP contribution in [0.25, 0.3) is 0 Å². The second-order valence-corrected chi connectivity index (χ2v) is 4.33. The summed E-state index contributed by atoms with van der Waals surface area (Å²) in [5.74, 6) is -1.57. The standard InChI is InChI=1S/C10H14O5/c1-10(2)14-7-4-5(9(13)15-10)3-6(11)8(7)12/h4,6-8,11-12H,3H2,1-2H3. The second kappa shape index (κ2) is 3.30. The molecule has 0 fully saturated rings. The van der Waals surface area contributed by atoms with Crippen molar-refractivity contribution in [3.63, 3.8) is 0 Å². The summed E-state index contributed by atoms with van der Waals surface area (Å²) < 4.78 is 10.5. The molecule has 2 N–H and O–H groups in total. The van der Waals surface area contributed by atoms with Crippen molar-refractivity contribution in [3.8, 4) is 0 Å². The zero-order valence-corrected chi connectivity index (χ0v) is 8.64. The van der Waals surface area contributed by atoms with Crippen LogP contribution in [0.1, 0.15) is 20.3 Å². The fourth-order valence-corrected chi connectivity index (χ4v) is 1.83. The number of esters is 1. The van der Waals surface area contributed by atoms with Gasteiger partial charge in [0.25, 0.3) is 0 Å². The van der Waals surface area contributed by atoms with Crippen LogP contribution in [0.4, 0.5) is 0 Å². The first-order valence-electron chi connectivity index (χ1n) is 4.87. The predicted octanol–water partition coefficient (Wildman–Crippen LogP) is -0.284. The maximum Gasteiger partial charge on any atom is 0.336 e. The largest absolute Gasteiger partial charge is 0.430 e. The highest BCUT2D eigenvalue weighted by molar-refractivity contribution is 5.89. The highest BCUT2D eigenvalue weighted by Gasteiger charge is 2.41. The Kier molecular flexibility index (Phi) is 2.33. The third-order valence-corrected chi connectivity index (χ3v) is 2.55. The van der Waals surface area contributed by atoms with E-state index in [0.29, 0.717) is 5.57 Å². The van der Waals surface area contributed by atoms with Gasteiger partial charge in [-0.05, 0) is 6.08 Å². The van der Waals surface area contributed by atoms with Crippen molar-refractivity contribution < 1.29 is 24.5 Å². The van der Waals surface area contributed by atoms with Crippen molar-refractivity contribution in [1.29, 1.82) is 0 Å². The van der Waals surface area contributed by atoms with Gasteiger partial charge in [-0.25, -0.2) is 4.79 Å². The summed E-state index contributed by atoms with van der Waals surface area (Å²) in [7, 11) is 0. The van der Waals surface area contributed by atoms with Gasteiger partial charge in [0.2, 0.25) is 5.79 Å². The molecule has 0 radical (unpaired) electrons. The third-order valence-electron chi connectivity index (χ3n) is 2.55. The fraction of sp³-hybridized carbons (Fsp3) is 0.700. The quantitative estimate of drug-likeness (QED) is 0.542. The molecule has 2 rings (SSSR count). The third kappa shape index (κ3) is 1.90. The van der Waals surface area contributed by atoms with Crippen molar-refractivity contribution in [1.82, 2.24) is 0 Å². The molecular formula is C10H14O5. The van der Waals surface area contributed by atoms with Crippen LogP contribution in [0.3, 0.4) is 0 Å². The molecule has 0 saturated carbocycles. The highest BCUT2D eigenvalue weighted by Crippen LogP contribution is 2.30. The lowest BCUT2D eigenvalue weighted by molar-refractivity contribution is -0.232. The van der Waals surface area contributed by atoms with E-state index < -0.39 is 30.1 Å². The van der Waals surface area contributed by atoms with Crippen molar-refractivity contribution in [3.05, 3.63) is 11.6 Å². The summed E-state index contributed by atoms with van der Waals surface area (Å²) in [6, 6.07) is 0.